The molecule has 2 N–H and O–H groups in total. The minimum Gasteiger partial charge on any atom is -0.412 e. The molecule has 0 aromatic heterocycles. The normalized spacial score (nSPS) is 3.33. The third-order valence-electron chi connectivity index (χ3n) is 0.0707. The molecule has 0 aliphatic rings. The third-order valence-corrected chi connectivity index (χ3v) is 0.212. The molecule has 0 unspecified atom stereocenters. The first-order valence-electron chi connectivity index (χ1n) is 0.893. The lowest BCUT2D eigenvalue weighted by molar-refractivity contribution is 0.824. The highest BCUT2D eigenvalue weighted by Gasteiger charge is 1.50. The van der Waals surface area contributed by atoms with E-state index in [1.165, 1.54) is 0 Å². The van der Waals surface area contributed by atoms with Crippen molar-refractivity contribution < 1.29 is 5.48 Å². The van der Waals surface area contributed by atoms with Crippen LogP contribution < -0.4 is 0 Å². The lowest BCUT2D eigenvalue weighted by Gasteiger charge is -1.47. The van der Waals surface area contributed by atoms with Crippen molar-refractivity contribution in [2.45, 2.75) is 0 Å². The van der Waals surface area contributed by atoms with Crippen LogP contribution in [0.15, 0.2) is 0 Å². The maximum Gasteiger partial charge on any atom is 0.0777 e. The maximum atomic E-state index is 7.55. The van der Waals surface area contributed by atoms with Gasteiger partial charge in [0.25, 0.3) is 0 Å². The minimum absolute atomic E-state index is 0. The van der Waals surface area contributed by atoms with Gasteiger partial charge in [-0.15, -0.1) is 12.4 Å². The van der Waals surface area contributed by atoms with Gasteiger partial charge in [0.2, 0.25) is 0 Å². The van der Waals surface area contributed by atoms with Crippen LogP contribution in [0, 0.1) is 11.3 Å². The Morgan fingerprint density at radius 2 is 1.83 bits per heavy atom. The summed E-state index contributed by atoms with van der Waals surface area (Å²) in [4.78, 5) is 0. The van der Waals surface area contributed by atoms with Crippen molar-refractivity contribution in [1.82, 2.24) is 0 Å². The standard InChI is InChI=1S/C2H3NS.ClH.H2O/c3-1-2-4;;/h4H,2H2;1H;1H2. The molecule has 0 aliphatic carbocycles. The van der Waals surface area contributed by atoms with Gasteiger partial charge in [-0.1, -0.05) is 0 Å². The lowest BCUT2D eigenvalue weighted by Crippen LogP contribution is -1.47. The van der Waals surface area contributed by atoms with Crippen LogP contribution in [0.25, 0.3) is 0 Å². The van der Waals surface area contributed by atoms with Crippen molar-refractivity contribution in [2.24, 2.45) is 0 Å². The number of halogens is 1. The zero-order chi connectivity index (χ0) is 3.41. The third kappa shape index (κ3) is 32.9. The zero-order valence-corrected chi connectivity index (χ0v) is 4.72. The first-order chi connectivity index (χ1) is 1.91. The van der Waals surface area contributed by atoms with Crippen LogP contribution in [0.2, 0.25) is 0 Å². The topological polar surface area (TPSA) is 55.3 Å². The molecule has 0 fully saturated rings. The maximum absolute atomic E-state index is 7.55. The lowest BCUT2D eigenvalue weighted by atomic mass is 10.9. The summed E-state index contributed by atoms with van der Waals surface area (Å²) in [6.45, 7) is 0. The van der Waals surface area contributed by atoms with Crippen LogP contribution in [-0.2, 0) is 0 Å². The highest BCUT2D eigenvalue weighted by Crippen LogP contribution is 1.59. The molecule has 0 heterocycles. The van der Waals surface area contributed by atoms with Crippen molar-refractivity contribution in [3.63, 3.8) is 0 Å². The fraction of sp³-hybridized carbons (Fsp3) is 0.500. The Kier molecular flexibility index (Phi) is 53.7. The van der Waals surface area contributed by atoms with Crippen molar-refractivity contribution in [2.75, 3.05) is 5.75 Å². The van der Waals surface area contributed by atoms with E-state index in [9.17, 15) is 0 Å². The molecule has 0 radical (unpaired) electrons. The second-order valence-electron chi connectivity index (χ2n) is 0.316. The Balaban J connectivity index is -0.0000000450. The number of nitrogens with zero attached hydrogens (tertiary/aromatic N) is 1. The average molecular weight is 128 g/mol. The zero-order valence-electron chi connectivity index (χ0n) is 3.01. The molecule has 0 aromatic carbocycles. The second-order valence-corrected chi connectivity index (χ2v) is 0.632. The Hall–Kier alpha value is 0.0900. The van der Waals surface area contributed by atoms with Gasteiger partial charge in [-0.2, -0.15) is 17.9 Å². The minimum atomic E-state index is 0. The smallest absolute Gasteiger partial charge is 0.0777 e. The van der Waals surface area contributed by atoms with Gasteiger partial charge in [-0.25, -0.2) is 0 Å². The highest BCUT2D eigenvalue weighted by atomic mass is 35.5. The van der Waals surface area contributed by atoms with Gasteiger partial charge >= 0.3 is 0 Å². The second kappa shape index (κ2) is 19.5. The molecule has 0 rings (SSSR count). The monoisotopic (exact) mass is 127 g/mol. The number of hydrogen-bond acceptors (Lipinski definition) is 2. The van der Waals surface area contributed by atoms with Gasteiger partial charge in [0.05, 0.1) is 11.8 Å². The first-order valence-corrected chi connectivity index (χ1v) is 1.53. The summed E-state index contributed by atoms with van der Waals surface area (Å²) in [6, 6.07) is 1.79. The van der Waals surface area contributed by atoms with E-state index in [0.29, 0.717) is 5.75 Å². The van der Waals surface area contributed by atoms with Gasteiger partial charge in [0, 0.05) is 0 Å². The van der Waals surface area contributed by atoms with Crippen molar-refractivity contribution in [3.05, 3.63) is 0 Å². The number of rotatable bonds is 0. The summed E-state index contributed by atoms with van der Waals surface area (Å²) in [6.07, 6.45) is 0. The molecular formula is C2H6ClNOS. The van der Waals surface area contributed by atoms with E-state index in [1.807, 2.05) is 0 Å². The quantitative estimate of drug-likeness (QED) is 0.459. The van der Waals surface area contributed by atoms with E-state index in [0.717, 1.165) is 0 Å². The molecule has 0 spiro atoms. The molecule has 0 bridgehead atoms. The Labute approximate surface area is 48.3 Å². The van der Waals surface area contributed by atoms with Crippen molar-refractivity contribution in [1.29, 1.82) is 5.26 Å². The van der Waals surface area contributed by atoms with E-state index in [2.05, 4.69) is 12.6 Å². The van der Waals surface area contributed by atoms with E-state index >= 15 is 0 Å². The van der Waals surface area contributed by atoms with E-state index in [4.69, 9.17) is 5.26 Å². The van der Waals surface area contributed by atoms with Gasteiger partial charge in [0.1, 0.15) is 0 Å². The first kappa shape index (κ1) is 16.5. The van der Waals surface area contributed by atoms with E-state index in [-0.39, 0.29) is 17.9 Å². The van der Waals surface area contributed by atoms with Gasteiger partial charge in [0.15, 0.2) is 0 Å². The van der Waals surface area contributed by atoms with Crippen LogP contribution in [-0.4, -0.2) is 11.2 Å². The molecule has 0 saturated carbocycles. The molecule has 38 valence electrons. The van der Waals surface area contributed by atoms with Gasteiger partial charge in [-0.3, -0.25) is 0 Å². The van der Waals surface area contributed by atoms with Gasteiger partial charge < -0.3 is 5.48 Å². The molecule has 2 nitrogen and oxygen atoms in total. The van der Waals surface area contributed by atoms with Crippen LogP contribution in [0.3, 0.4) is 0 Å². The molecule has 0 atom stereocenters. The van der Waals surface area contributed by atoms with Gasteiger partial charge in [-0.05, 0) is 0 Å². The largest absolute Gasteiger partial charge is 0.412 e. The number of hydrogen-bond donors (Lipinski definition) is 1. The Morgan fingerprint density at radius 3 is 1.83 bits per heavy atom. The van der Waals surface area contributed by atoms with E-state index < -0.39 is 0 Å². The van der Waals surface area contributed by atoms with Crippen molar-refractivity contribution >= 4 is 25.0 Å². The molecule has 0 aliphatic heterocycles. The van der Waals surface area contributed by atoms with Crippen LogP contribution in [0.5, 0.6) is 0 Å². The van der Waals surface area contributed by atoms with Crippen molar-refractivity contribution in [3.8, 4) is 6.07 Å². The predicted molar refractivity (Wildman–Crippen MR) is 30.3 cm³/mol. The fourth-order valence-corrected chi connectivity index (χ4v) is 0. The summed E-state index contributed by atoms with van der Waals surface area (Å²) in [5, 5.41) is 7.55. The SMILES string of the molecule is Cl.N#CCS.O. The summed E-state index contributed by atoms with van der Waals surface area (Å²) in [5.74, 6) is 0.319. The fourth-order valence-electron chi connectivity index (χ4n) is 0. The summed E-state index contributed by atoms with van der Waals surface area (Å²) in [7, 11) is 0. The van der Waals surface area contributed by atoms with Crippen LogP contribution >= 0.6 is 25.0 Å². The Morgan fingerprint density at radius 1 is 1.67 bits per heavy atom. The summed E-state index contributed by atoms with van der Waals surface area (Å²) in [5.41, 5.74) is 0. The average Bonchev–Trinajstić information content (AvgIpc) is 1.37. The Bertz CT molecular complexity index is 43.3. The van der Waals surface area contributed by atoms with Crippen LogP contribution in [0.4, 0.5) is 0 Å². The van der Waals surface area contributed by atoms with Crippen LogP contribution in [0.1, 0.15) is 0 Å². The summed E-state index contributed by atoms with van der Waals surface area (Å²) < 4.78 is 0. The summed E-state index contributed by atoms with van der Waals surface area (Å²) >= 11 is 3.56. The number of thiol groups is 1. The predicted octanol–water partition coefficient (Wildman–Crippen LogP) is 0.0369. The molecule has 0 amide bonds. The molecule has 6 heavy (non-hydrogen) atoms. The highest BCUT2D eigenvalue weighted by molar-refractivity contribution is 7.80. The molecular weight excluding hydrogens is 122 g/mol. The number of nitriles is 1. The van der Waals surface area contributed by atoms with E-state index in [1.54, 1.807) is 6.07 Å². The molecule has 0 saturated heterocycles. The molecule has 4 heteroatoms. The molecule has 0 aromatic rings.